The molecule has 0 saturated heterocycles. The molecule has 0 heterocycles. The zero-order chi connectivity index (χ0) is 15.6. The predicted molar refractivity (Wildman–Crippen MR) is 78.0 cm³/mol. The Morgan fingerprint density at radius 3 is 2.14 bits per heavy atom. The van der Waals surface area contributed by atoms with E-state index in [2.05, 4.69) is 0 Å². The van der Waals surface area contributed by atoms with Crippen molar-refractivity contribution >= 4 is 0 Å². The van der Waals surface area contributed by atoms with E-state index < -0.39 is 17.8 Å². The first-order valence-corrected chi connectivity index (χ1v) is 6.77. The van der Waals surface area contributed by atoms with Crippen molar-refractivity contribution < 1.29 is 13.2 Å². The van der Waals surface area contributed by atoms with Gasteiger partial charge in [0.2, 0.25) is 0 Å². The normalized spacial score (nSPS) is 13.2. The molecule has 0 bridgehead atoms. The van der Waals surface area contributed by atoms with Gasteiger partial charge < -0.3 is 5.73 Å². The quantitative estimate of drug-likeness (QED) is 0.881. The minimum Gasteiger partial charge on any atom is -0.324 e. The van der Waals surface area contributed by atoms with E-state index in [-0.39, 0.29) is 0 Å². The lowest BCUT2D eigenvalue weighted by molar-refractivity contribution is -0.137. The van der Waals surface area contributed by atoms with Gasteiger partial charge in [0.15, 0.2) is 0 Å². The zero-order valence-electron chi connectivity index (χ0n) is 12.0. The van der Waals surface area contributed by atoms with Crippen LogP contribution in [0.2, 0.25) is 0 Å². The monoisotopic (exact) mass is 293 g/mol. The first-order chi connectivity index (χ1) is 9.79. The number of hydrogen-bond donors (Lipinski definition) is 1. The number of alkyl halides is 3. The van der Waals surface area contributed by atoms with E-state index in [0.717, 1.165) is 28.8 Å². The minimum absolute atomic E-state index is 0.452. The molecule has 0 fully saturated rings. The maximum Gasteiger partial charge on any atom is 0.416 e. The van der Waals surface area contributed by atoms with Crippen molar-refractivity contribution in [3.05, 3.63) is 70.3 Å². The summed E-state index contributed by atoms with van der Waals surface area (Å²) in [5.41, 5.74) is 9.28. The maximum atomic E-state index is 12.7. The highest BCUT2D eigenvalue weighted by Gasteiger charge is 2.30. The fraction of sp³-hybridized carbons (Fsp3) is 0.294. The highest BCUT2D eigenvalue weighted by Crippen LogP contribution is 2.31. The van der Waals surface area contributed by atoms with Gasteiger partial charge in [0, 0.05) is 6.04 Å². The van der Waals surface area contributed by atoms with E-state index in [4.69, 9.17) is 5.73 Å². The van der Waals surface area contributed by atoms with Gasteiger partial charge in [-0.3, -0.25) is 0 Å². The molecule has 1 atom stereocenters. The van der Waals surface area contributed by atoms with Crippen LogP contribution >= 0.6 is 0 Å². The van der Waals surface area contributed by atoms with E-state index in [0.29, 0.717) is 12.0 Å². The molecule has 2 rings (SSSR count). The Morgan fingerprint density at radius 2 is 1.57 bits per heavy atom. The molecular weight excluding hydrogens is 275 g/mol. The maximum absolute atomic E-state index is 12.7. The Kier molecular flexibility index (Phi) is 4.37. The SMILES string of the molecule is Cc1cccc(C)c1CC(N)c1cccc(C(F)(F)F)c1. The Morgan fingerprint density at radius 1 is 1.00 bits per heavy atom. The number of aryl methyl sites for hydroxylation is 2. The van der Waals surface area contributed by atoms with Crippen molar-refractivity contribution in [3.8, 4) is 0 Å². The molecule has 0 saturated carbocycles. The number of benzene rings is 2. The lowest BCUT2D eigenvalue weighted by Crippen LogP contribution is -2.16. The molecule has 21 heavy (non-hydrogen) atoms. The largest absolute Gasteiger partial charge is 0.416 e. The third-order valence-corrected chi connectivity index (χ3v) is 3.71. The molecule has 2 N–H and O–H groups in total. The summed E-state index contributed by atoms with van der Waals surface area (Å²) in [6.45, 7) is 3.97. The molecule has 2 aromatic rings. The van der Waals surface area contributed by atoms with Gasteiger partial charge in [-0.15, -0.1) is 0 Å². The highest BCUT2D eigenvalue weighted by atomic mass is 19.4. The van der Waals surface area contributed by atoms with Gasteiger partial charge >= 0.3 is 6.18 Å². The standard InChI is InChI=1S/C17H18F3N/c1-11-5-3-6-12(2)15(11)10-16(21)13-7-4-8-14(9-13)17(18,19)20/h3-9,16H,10,21H2,1-2H3. The summed E-state index contributed by atoms with van der Waals surface area (Å²) in [7, 11) is 0. The average molecular weight is 293 g/mol. The van der Waals surface area contributed by atoms with Crippen molar-refractivity contribution in [2.75, 3.05) is 0 Å². The van der Waals surface area contributed by atoms with E-state index in [1.807, 2.05) is 32.0 Å². The molecule has 0 aliphatic heterocycles. The fourth-order valence-electron chi connectivity index (χ4n) is 2.45. The Labute approximate surface area is 122 Å². The van der Waals surface area contributed by atoms with Gasteiger partial charge in [0.25, 0.3) is 0 Å². The van der Waals surface area contributed by atoms with Crippen molar-refractivity contribution in [1.82, 2.24) is 0 Å². The van der Waals surface area contributed by atoms with Crippen LogP contribution in [0.15, 0.2) is 42.5 Å². The molecule has 4 heteroatoms. The minimum atomic E-state index is -4.34. The highest BCUT2D eigenvalue weighted by molar-refractivity contribution is 5.36. The molecule has 2 aromatic carbocycles. The first-order valence-electron chi connectivity index (χ1n) is 6.77. The average Bonchev–Trinajstić information content (AvgIpc) is 2.42. The summed E-state index contributed by atoms with van der Waals surface area (Å²) >= 11 is 0. The van der Waals surface area contributed by atoms with Crippen LogP contribution in [-0.2, 0) is 12.6 Å². The third kappa shape index (κ3) is 3.64. The third-order valence-electron chi connectivity index (χ3n) is 3.71. The van der Waals surface area contributed by atoms with Crippen LogP contribution in [0.5, 0.6) is 0 Å². The smallest absolute Gasteiger partial charge is 0.324 e. The number of hydrogen-bond acceptors (Lipinski definition) is 1. The Balaban J connectivity index is 2.27. The predicted octanol–water partition coefficient (Wildman–Crippen LogP) is 4.56. The molecule has 0 aliphatic carbocycles. The molecule has 0 aliphatic rings. The van der Waals surface area contributed by atoms with Crippen molar-refractivity contribution in [2.45, 2.75) is 32.5 Å². The van der Waals surface area contributed by atoms with Crippen LogP contribution in [0.3, 0.4) is 0 Å². The van der Waals surface area contributed by atoms with Gasteiger partial charge in [-0.1, -0.05) is 30.3 Å². The second-order valence-corrected chi connectivity index (χ2v) is 5.30. The molecule has 0 radical (unpaired) electrons. The van der Waals surface area contributed by atoms with Crippen LogP contribution < -0.4 is 5.73 Å². The van der Waals surface area contributed by atoms with Gasteiger partial charge in [0.1, 0.15) is 0 Å². The molecule has 0 amide bonds. The molecule has 0 aromatic heterocycles. The summed E-state index contributed by atoms with van der Waals surface area (Å²) in [6.07, 6.45) is -3.81. The zero-order valence-corrected chi connectivity index (χ0v) is 12.0. The lowest BCUT2D eigenvalue weighted by Gasteiger charge is -2.17. The van der Waals surface area contributed by atoms with E-state index in [1.165, 1.54) is 6.07 Å². The van der Waals surface area contributed by atoms with Crippen LogP contribution in [0.1, 0.15) is 33.9 Å². The summed E-state index contributed by atoms with van der Waals surface area (Å²) in [4.78, 5) is 0. The first kappa shape index (κ1) is 15.6. The molecular formula is C17H18F3N. The molecule has 1 nitrogen and oxygen atoms in total. The van der Waals surface area contributed by atoms with Crippen molar-refractivity contribution in [2.24, 2.45) is 5.73 Å². The van der Waals surface area contributed by atoms with Crippen LogP contribution in [-0.4, -0.2) is 0 Å². The lowest BCUT2D eigenvalue weighted by atomic mass is 9.93. The number of rotatable bonds is 3. The van der Waals surface area contributed by atoms with E-state index in [1.54, 1.807) is 6.07 Å². The summed E-state index contributed by atoms with van der Waals surface area (Å²) in [5.74, 6) is 0. The second kappa shape index (κ2) is 5.90. The van der Waals surface area contributed by atoms with Crippen LogP contribution in [0.25, 0.3) is 0 Å². The van der Waals surface area contributed by atoms with E-state index >= 15 is 0 Å². The summed E-state index contributed by atoms with van der Waals surface area (Å²) < 4.78 is 38.2. The number of halogens is 3. The molecule has 112 valence electrons. The molecule has 0 spiro atoms. The molecule has 1 unspecified atom stereocenters. The van der Waals surface area contributed by atoms with Crippen LogP contribution in [0.4, 0.5) is 13.2 Å². The van der Waals surface area contributed by atoms with Crippen LogP contribution in [0, 0.1) is 13.8 Å². The van der Waals surface area contributed by atoms with Crippen molar-refractivity contribution in [3.63, 3.8) is 0 Å². The van der Waals surface area contributed by atoms with Gasteiger partial charge in [-0.2, -0.15) is 13.2 Å². The second-order valence-electron chi connectivity index (χ2n) is 5.30. The summed E-state index contributed by atoms with van der Waals surface area (Å²) in [5, 5.41) is 0. The Hall–Kier alpha value is -1.81. The van der Waals surface area contributed by atoms with E-state index in [9.17, 15) is 13.2 Å². The fourth-order valence-corrected chi connectivity index (χ4v) is 2.45. The Bertz CT molecular complexity index is 612. The van der Waals surface area contributed by atoms with Gasteiger partial charge in [-0.25, -0.2) is 0 Å². The topological polar surface area (TPSA) is 26.0 Å². The summed E-state index contributed by atoms with van der Waals surface area (Å²) in [6, 6.07) is 10.7. The van der Waals surface area contributed by atoms with Crippen molar-refractivity contribution in [1.29, 1.82) is 0 Å². The van der Waals surface area contributed by atoms with Gasteiger partial charge in [0.05, 0.1) is 5.56 Å². The van der Waals surface area contributed by atoms with Gasteiger partial charge in [-0.05, 0) is 54.7 Å². The number of nitrogens with two attached hydrogens (primary N) is 1.